The summed E-state index contributed by atoms with van der Waals surface area (Å²) in [4.78, 5) is 11.2. The number of halogens is 3. The topological polar surface area (TPSA) is 35.5 Å². The molecule has 0 bridgehead atoms. The number of esters is 1. The number of hydrogen-bond donors (Lipinski definition) is 0. The Kier molecular flexibility index (Phi) is 5.20. The van der Waals surface area contributed by atoms with Gasteiger partial charge in [0, 0.05) is 6.42 Å². The highest BCUT2D eigenvalue weighted by atomic mass is 19.4. The largest absolute Gasteiger partial charge is 0.573 e. The normalized spacial score (nSPS) is 11.2. The van der Waals surface area contributed by atoms with E-state index in [-0.39, 0.29) is 18.1 Å². The van der Waals surface area contributed by atoms with Crippen molar-refractivity contribution in [2.24, 2.45) is 0 Å². The van der Waals surface area contributed by atoms with Gasteiger partial charge in [-0.1, -0.05) is 6.07 Å². The van der Waals surface area contributed by atoms with Gasteiger partial charge in [-0.15, -0.1) is 13.2 Å². The zero-order chi connectivity index (χ0) is 14.5. The number of ether oxygens (including phenoxy) is 2. The van der Waals surface area contributed by atoms with Gasteiger partial charge in [0.25, 0.3) is 0 Å². The highest BCUT2D eigenvalue weighted by molar-refractivity contribution is 5.69. The van der Waals surface area contributed by atoms with E-state index in [1.165, 1.54) is 18.2 Å². The predicted octanol–water partition coefficient (Wildman–Crippen LogP) is 3.39. The minimum Gasteiger partial charge on any atom is -0.466 e. The van der Waals surface area contributed by atoms with E-state index >= 15 is 0 Å². The number of aryl methyl sites for hydroxylation is 2. The highest BCUT2D eigenvalue weighted by Crippen LogP contribution is 2.25. The van der Waals surface area contributed by atoms with Gasteiger partial charge in [0.2, 0.25) is 0 Å². The van der Waals surface area contributed by atoms with Crippen molar-refractivity contribution < 1.29 is 27.4 Å². The van der Waals surface area contributed by atoms with Crippen LogP contribution in [0.25, 0.3) is 0 Å². The van der Waals surface area contributed by atoms with Crippen molar-refractivity contribution in [3.05, 3.63) is 29.3 Å². The van der Waals surface area contributed by atoms with E-state index < -0.39 is 6.36 Å². The van der Waals surface area contributed by atoms with Gasteiger partial charge in [-0.2, -0.15) is 0 Å². The van der Waals surface area contributed by atoms with Crippen LogP contribution in [0, 0.1) is 6.92 Å². The molecule has 0 aliphatic rings. The number of carbonyl (C=O) groups is 1. The molecule has 0 aliphatic heterocycles. The Bertz CT molecular complexity index is 441. The first-order valence-corrected chi connectivity index (χ1v) is 5.82. The second-order valence-electron chi connectivity index (χ2n) is 3.94. The summed E-state index contributed by atoms with van der Waals surface area (Å²) >= 11 is 0. The van der Waals surface area contributed by atoms with Gasteiger partial charge >= 0.3 is 12.3 Å². The maximum Gasteiger partial charge on any atom is 0.573 e. The molecule has 1 aromatic rings. The van der Waals surface area contributed by atoms with Crippen molar-refractivity contribution >= 4 is 5.97 Å². The standard InChI is InChI=1S/C13H15F3O3/c1-3-18-12(17)7-5-10-4-6-11(8-9(10)2)19-13(14,15)16/h4,6,8H,3,5,7H2,1-2H3. The zero-order valence-electron chi connectivity index (χ0n) is 10.7. The van der Waals surface area contributed by atoms with Crippen LogP contribution >= 0.6 is 0 Å². The Balaban J connectivity index is 2.64. The molecule has 0 aliphatic carbocycles. The molecule has 6 heteroatoms. The van der Waals surface area contributed by atoms with Crippen LogP contribution in [0.4, 0.5) is 13.2 Å². The van der Waals surface area contributed by atoms with E-state index in [2.05, 4.69) is 4.74 Å². The zero-order valence-corrected chi connectivity index (χ0v) is 10.7. The highest BCUT2D eigenvalue weighted by Gasteiger charge is 2.31. The Morgan fingerprint density at radius 2 is 2.00 bits per heavy atom. The first-order valence-electron chi connectivity index (χ1n) is 5.82. The van der Waals surface area contributed by atoms with E-state index in [1.54, 1.807) is 13.8 Å². The first kappa shape index (κ1) is 15.3. The Morgan fingerprint density at radius 1 is 1.32 bits per heavy atom. The lowest BCUT2D eigenvalue weighted by atomic mass is 10.0. The van der Waals surface area contributed by atoms with Crippen molar-refractivity contribution in [1.82, 2.24) is 0 Å². The second kappa shape index (κ2) is 6.45. The number of hydrogen-bond acceptors (Lipinski definition) is 3. The van der Waals surface area contributed by atoms with Gasteiger partial charge in [0.1, 0.15) is 5.75 Å². The molecule has 0 aromatic heterocycles. The summed E-state index contributed by atoms with van der Waals surface area (Å²) in [6.45, 7) is 3.70. The molecule has 1 rings (SSSR count). The number of carbonyl (C=O) groups excluding carboxylic acids is 1. The quantitative estimate of drug-likeness (QED) is 0.773. The maximum atomic E-state index is 12.0. The molecule has 0 unspecified atom stereocenters. The van der Waals surface area contributed by atoms with Crippen molar-refractivity contribution in [2.75, 3.05) is 6.61 Å². The van der Waals surface area contributed by atoms with Gasteiger partial charge in [-0.05, 0) is 43.5 Å². The van der Waals surface area contributed by atoms with Crippen LogP contribution in [-0.4, -0.2) is 18.9 Å². The predicted molar refractivity (Wildman–Crippen MR) is 62.8 cm³/mol. The van der Waals surface area contributed by atoms with Crippen LogP contribution in [0.5, 0.6) is 5.75 Å². The van der Waals surface area contributed by atoms with E-state index in [0.29, 0.717) is 18.6 Å². The molecule has 0 saturated heterocycles. The van der Waals surface area contributed by atoms with Gasteiger partial charge in [0.15, 0.2) is 0 Å². The van der Waals surface area contributed by atoms with E-state index in [4.69, 9.17) is 4.74 Å². The molecule has 0 radical (unpaired) electrons. The molecule has 0 fully saturated rings. The average Bonchev–Trinajstić information content (AvgIpc) is 2.26. The lowest BCUT2D eigenvalue weighted by Crippen LogP contribution is -2.17. The van der Waals surface area contributed by atoms with E-state index in [0.717, 1.165) is 5.56 Å². The molecule has 1 aromatic carbocycles. The minimum atomic E-state index is -4.70. The van der Waals surface area contributed by atoms with Gasteiger partial charge in [-0.25, -0.2) is 0 Å². The monoisotopic (exact) mass is 276 g/mol. The Morgan fingerprint density at radius 3 is 2.53 bits per heavy atom. The van der Waals surface area contributed by atoms with Crippen LogP contribution in [-0.2, 0) is 16.0 Å². The summed E-state index contributed by atoms with van der Waals surface area (Å²) in [5.41, 5.74) is 1.44. The van der Waals surface area contributed by atoms with Crippen LogP contribution in [0.2, 0.25) is 0 Å². The third-order valence-electron chi connectivity index (χ3n) is 2.45. The smallest absolute Gasteiger partial charge is 0.466 e. The fraction of sp³-hybridized carbons (Fsp3) is 0.462. The molecule has 0 N–H and O–H groups in total. The summed E-state index contributed by atoms with van der Waals surface area (Å²) < 4.78 is 44.7. The van der Waals surface area contributed by atoms with E-state index in [1.807, 2.05) is 0 Å². The first-order chi connectivity index (χ1) is 8.81. The molecular weight excluding hydrogens is 261 g/mol. The molecule has 0 heterocycles. The van der Waals surface area contributed by atoms with Crippen LogP contribution < -0.4 is 4.74 Å². The van der Waals surface area contributed by atoms with Crippen molar-refractivity contribution in [1.29, 1.82) is 0 Å². The van der Waals surface area contributed by atoms with Gasteiger partial charge < -0.3 is 9.47 Å². The fourth-order valence-electron chi connectivity index (χ4n) is 1.62. The Hall–Kier alpha value is -1.72. The molecule has 19 heavy (non-hydrogen) atoms. The molecular formula is C13H15F3O3. The van der Waals surface area contributed by atoms with Crippen molar-refractivity contribution in [3.8, 4) is 5.75 Å². The van der Waals surface area contributed by atoms with Crippen LogP contribution in [0.1, 0.15) is 24.5 Å². The van der Waals surface area contributed by atoms with Crippen molar-refractivity contribution in [2.45, 2.75) is 33.1 Å². The summed E-state index contributed by atoms with van der Waals surface area (Å²) in [6.07, 6.45) is -4.07. The Labute approximate surface area is 109 Å². The molecule has 0 amide bonds. The van der Waals surface area contributed by atoms with Crippen molar-refractivity contribution in [3.63, 3.8) is 0 Å². The number of benzene rings is 1. The lowest BCUT2D eigenvalue weighted by molar-refractivity contribution is -0.274. The number of rotatable bonds is 5. The summed E-state index contributed by atoms with van der Waals surface area (Å²) in [5.74, 6) is -0.581. The lowest BCUT2D eigenvalue weighted by Gasteiger charge is -2.11. The maximum absolute atomic E-state index is 12.0. The third kappa shape index (κ3) is 5.63. The van der Waals surface area contributed by atoms with Crippen LogP contribution in [0.15, 0.2) is 18.2 Å². The molecule has 0 atom stereocenters. The summed E-state index contributed by atoms with van der Waals surface area (Å²) in [5, 5.41) is 0. The summed E-state index contributed by atoms with van der Waals surface area (Å²) in [7, 11) is 0. The molecule has 106 valence electrons. The molecule has 0 saturated carbocycles. The van der Waals surface area contributed by atoms with Gasteiger partial charge in [0.05, 0.1) is 6.61 Å². The molecule has 3 nitrogen and oxygen atoms in total. The number of alkyl halides is 3. The second-order valence-corrected chi connectivity index (χ2v) is 3.94. The van der Waals surface area contributed by atoms with Gasteiger partial charge in [-0.3, -0.25) is 4.79 Å². The fourth-order valence-corrected chi connectivity index (χ4v) is 1.62. The molecule has 0 spiro atoms. The van der Waals surface area contributed by atoms with Crippen LogP contribution in [0.3, 0.4) is 0 Å². The van der Waals surface area contributed by atoms with E-state index in [9.17, 15) is 18.0 Å². The third-order valence-corrected chi connectivity index (χ3v) is 2.45. The minimum absolute atomic E-state index is 0.203. The average molecular weight is 276 g/mol. The SMILES string of the molecule is CCOC(=O)CCc1ccc(OC(F)(F)F)cc1C. The summed E-state index contributed by atoms with van der Waals surface area (Å²) in [6, 6.07) is 4.06.